The van der Waals surface area contributed by atoms with E-state index in [1.54, 1.807) is 18.3 Å². The van der Waals surface area contributed by atoms with E-state index in [0.29, 0.717) is 17.8 Å². The van der Waals surface area contributed by atoms with Gasteiger partial charge in [0.05, 0.1) is 24.5 Å². The van der Waals surface area contributed by atoms with Gasteiger partial charge in [0.2, 0.25) is 0 Å². The second kappa shape index (κ2) is 10.8. The monoisotopic (exact) mass is 436 g/mol. The summed E-state index contributed by atoms with van der Waals surface area (Å²) in [5.41, 5.74) is 8.18. The molecule has 0 radical (unpaired) electrons. The largest absolute Gasteiger partial charge is 0.469 e. The smallest absolute Gasteiger partial charge is 0.310 e. The first-order valence-corrected chi connectivity index (χ1v) is 11.0. The molecule has 1 aromatic heterocycles. The van der Waals surface area contributed by atoms with Crippen LogP contribution in [0.1, 0.15) is 36.5 Å². The van der Waals surface area contributed by atoms with E-state index in [1.165, 1.54) is 7.11 Å². The first-order chi connectivity index (χ1) is 15.4. The van der Waals surface area contributed by atoms with Crippen molar-refractivity contribution in [1.82, 2.24) is 15.2 Å². The number of likely N-dealkylation sites (tertiary alicyclic amines) is 1. The second-order valence-electron chi connectivity index (χ2n) is 8.37. The van der Waals surface area contributed by atoms with E-state index in [4.69, 9.17) is 10.5 Å². The number of aromatic nitrogens is 1. The normalized spacial score (nSPS) is 17.8. The van der Waals surface area contributed by atoms with Gasteiger partial charge in [0, 0.05) is 36.5 Å². The van der Waals surface area contributed by atoms with Crippen LogP contribution in [0, 0.1) is 11.8 Å². The molecule has 1 aliphatic heterocycles. The molecule has 3 rings (SSSR count). The molecule has 1 amide bonds. The molecule has 1 unspecified atom stereocenters. The maximum Gasteiger partial charge on any atom is 0.310 e. The van der Waals surface area contributed by atoms with Gasteiger partial charge in [-0.3, -0.25) is 14.6 Å². The Hall–Kier alpha value is -3.35. The zero-order valence-corrected chi connectivity index (χ0v) is 18.8. The number of piperidine rings is 1. The number of hydrogen-bond donors (Lipinski definition) is 2. The molecule has 7 nitrogen and oxygen atoms in total. The number of pyridine rings is 1. The molecule has 7 heteroatoms. The molecule has 0 aliphatic carbocycles. The first-order valence-electron chi connectivity index (χ1n) is 11.0. The highest BCUT2D eigenvalue weighted by molar-refractivity contribution is 5.95. The third kappa shape index (κ3) is 5.87. The van der Waals surface area contributed by atoms with Crippen LogP contribution in [0.15, 0.2) is 61.1 Å². The van der Waals surface area contributed by atoms with E-state index in [9.17, 15) is 9.59 Å². The number of rotatable bonds is 8. The van der Waals surface area contributed by atoms with Crippen LogP contribution in [0.25, 0.3) is 11.3 Å². The molecule has 2 heterocycles. The number of nitrogens with zero attached hydrogens (tertiary/aromatic N) is 2. The zero-order chi connectivity index (χ0) is 23.1. The summed E-state index contributed by atoms with van der Waals surface area (Å²) in [4.78, 5) is 31.7. The molecule has 0 spiro atoms. The van der Waals surface area contributed by atoms with Gasteiger partial charge >= 0.3 is 5.97 Å². The van der Waals surface area contributed by atoms with Gasteiger partial charge in [0.25, 0.3) is 5.91 Å². The van der Waals surface area contributed by atoms with Crippen molar-refractivity contribution in [2.45, 2.75) is 32.2 Å². The molecular formula is C25H32N4O3. The van der Waals surface area contributed by atoms with Crippen molar-refractivity contribution in [3.63, 3.8) is 0 Å². The topological polar surface area (TPSA) is 97.5 Å². The van der Waals surface area contributed by atoms with Gasteiger partial charge in [0.1, 0.15) is 0 Å². The number of nitrogens with one attached hydrogen (secondary N) is 1. The Morgan fingerprint density at radius 1 is 1.28 bits per heavy atom. The average Bonchev–Trinajstić information content (AvgIpc) is 2.82. The molecule has 2 aromatic rings. The van der Waals surface area contributed by atoms with Crippen molar-refractivity contribution >= 4 is 11.9 Å². The minimum absolute atomic E-state index is 0.223. The van der Waals surface area contributed by atoms with Crippen molar-refractivity contribution in [2.75, 3.05) is 20.2 Å². The fraction of sp³-hybridized carbons (Fsp3) is 0.400. The molecule has 3 atom stereocenters. The van der Waals surface area contributed by atoms with Gasteiger partial charge < -0.3 is 20.7 Å². The predicted molar refractivity (Wildman–Crippen MR) is 124 cm³/mol. The molecule has 3 N–H and O–H groups in total. The number of carbonyl (C=O) groups is 2. The van der Waals surface area contributed by atoms with Gasteiger partial charge in [-0.15, -0.1) is 0 Å². The summed E-state index contributed by atoms with van der Waals surface area (Å²) >= 11 is 0. The van der Waals surface area contributed by atoms with E-state index in [2.05, 4.69) is 21.8 Å². The van der Waals surface area contributed by atoms with Crippen LogP contribution in [-0.2, 0) is 9.53 Å². The van der Waals surface area contributed by atoms with Crippen molar-refractivity contribution in [2.24, 2.45) is 17.6 Å². The van der Waals surface area contributed by atoms with E-state index < -0.39 is 5.92 Å². The van der Waals surface area contributed by atoms with E-state index >= 15 is 0 Å². The molecule has 1 saturated heterocycles. The van der Waals surface area contributed by atoms with Crippen LogP contribution < -0.4 is 11.1 Å². The lowest BCUT2D eigenvalue weighted by Gasteiger charge is -2.36. The van der Waals surface area contributed by atoms with Gasteiger partial charge in [-0.25, -0.2) is 0 Å². The summed E-state index contributed by atoms with van der Waals surface area (Å²) in [6.07, 6.45) is 4.36. The predicted octanol–water partition coefficient (Wildman–Crippen LogP) is 3.19. The number of benzene rings is 1. The maximum atomic E-state index is 12.8. The van der Waals surface area contributed by atoms with Gasteiger partial charge in [-0.05, 0) is 56.4 Å². The molecule has 170 valence electrons. The number of hydrogen-bond acceptors (Lipinski definition) is 6. The lowest BCUT2D eigenvalue weighted by molar-refractivity contribution is -0.147. The molecule has 1 fully saturated rings. The SMILES string of the molecule is C=C(N)N1CCCC(C[C@@H](C(=O)OC)[C@@H](C)NC(=O)c2ccc(-c3ccccn3)cc2)C1. The Kier molecular flexibility index (Phi) is 7.87. The molecule has 1 aromatic carbocycles. The van der Waals surface area contributed by atoms with E-state index in [-0.39, 0.29) is 23.8 Å². The van der Waals surface area contributed by atoms with E-state index in [0.717, 1.165) is 37.2 Å². The number of esters is 1. The number of carbonyl (C=O) groups excluding carboxylic acids is 2. The van der Waals surface area contributed by atoms with Crippen LogP contribution in [0.3, 0.4) is 0 Å². The number of amides is 1. The molecule has 0 bridgehead atoms. The summed E-state index contributed by atoms with van der Waals surface area (Å²) in [6.45, 7) is 7.33. The summed E-state index contributed by atoms with van der Waals surface area (Å²) in [5.74, 6) is -0.135. The number of methoxy groups -OCH3 is 1. The highest BCUT2D eigenvalue weighted by atomic mass is 16.5. The van der Waals surface area contributed by atoms with Crippen LogP contribution in [0.5, 0.6) is 0 Å². The quantitative estimate of drug-likeness (QED) is 0.617. The lowest BCUT2D eigenvalue weighted by Crippen LogP contribution is -2.44. The summed E-state index contributed by atoms with van der Waals surface area (Å²) in [5, 5.41) is 2.98. The summed E-state index contributed by atoms with van der Waals surface area (Å²) in [6, 6.07) is 12.6. The fourth-order valence-corrected chi connectivity index (χ4v) is 4.25. The minimum Gasteiger partial charge on any atom is -0.469 e. The zero-order valence-electron chi connectivity index (χ0n) is 18.8. The van der Waals surface area contributed by atoms with Crippen molar-refractivity contribution < 1.29 is 14.3 Å². The summed E-state index contributed by atoms with van der Waals surface area (Å²) < 4.78 is 5.05. The highest BCUT2D eigenvalue weighted by Gasteiger charge is 2.32. The van der Waals surface area contributed by atoms with Gasteiger partial charge in [0.15, 0.2) is 0 Å². The maximum absolute atomic E-state index is 12.8. The first kappa shape index (κ1) is 23.3. The van der Waals surface area contributed by atoms with Crippen LogP contribution in [0.4, 0.5) is 0 Å². The average molecular weight is 437 g/mol. The third-order valence-corrected chi connectivity index (χ3v) is 6.09. The lowest BCUT2D eigenvalue weighted by atomic mass is 9.85. The number of ether oxygens (including phenoxy) is 1. The van der Waals surface area contributed by atoms with Crippen molar-refractivity contribution in [3.8, 4) is 11.3 Å². The molecule has 0 saturated carbocycles. The van der Waals surface area contributed by atoms with Crippen LogP contribution in [-0.4, -0.2) is 48.0 Å². The van der Waals surface area contributed by atoms with Crippen molar-refractivity contribution in [1.29, 1.82) is 0 Å². The Labute approximate surface area is 189 Å². The van der Waals surface area contributed by atoms with Crippen molar-refractivity contribution in [3.05, 3.63) is 66.6 Å². The summed E-state index contributed by atoms with van der Waals surface area (Å²) in [7, 11) is 1.38. The highest BCUT2D eigenvalue weighted by Crippen LogP contribution is 2.27. The Balaban J connectivity index is 1.65. The molecule has 32 heavy (non-hydrogen) atoms. The third-order valence-electron chi connectivity index (χ3n) is 6.09. The Morgan fingerprint density at radius 2 is 2.03 bits per heavy atom. The van der Waals surface area contributed by atoms with Gasteiger partial charge in [-0.2, -0.15) is 0 Å². The van der Waals surface area contributed by atoms with Gasteiger partial charge in [-0.1, -0.05) is 24.8 Å². The molecule has 1 aliphatic rings. The Bertz CT molecular complexity index is 930. The fourth-order valence-electron chi connectivity index (χ4n) is 4.25. The molecular weight excluding hydrogens is 404 g/mol. The number of nitrogens with two attached hydrogens (primary N) is 1. The van der Waals surface area contributed by atoms with Crippen LogP contribution in [0.2, 0.25) is 0 Å². The second-order valence-corrected chi connectivity index (χ2v) is 8.37. The van der Waals surface area contributed by atoms with Crippen LogP contribution >= 0.6 is 0 Å². The van der Waals surface area contributed by atoms with E-state index in [1.807, 2.05) is 37.3 Å². The Morgan fingerprint density at radius 3 is 2.66 bits per heavy atom. The standard InChI is InChI=1S/C25H32N4O3/c1-17(22(25(31)32-3)15-19-7-6-14-29(16-19)18(2)26)28-24(30)21-11-9-20(10-12-21)23-8-4-5-13-27-23/h4-5,8-13,17,19,22H,2,6-7,14-16,26H2,1,3H3,(H,28,30)/t17-,19?,22-/m1/s1. The minimum atomic E-state index is -0.437.